The molecule has 21 heavy (non-hydrogen) atoms. The molecule has 5 nitrogen and oxygen atoms in total. The fourth-order valence-electron chi connectivity index (χ4n) is 2.28. The number of ether oxygens (including phenoxy) is 1. The minimum Gasteiger partial charge on any atom is -0.377 e. The van der Waals surface area contributed by atoms with Gasteiger partial charge in [0.05, 0.1) is 12.1 Å². The Morgan fingerprint density at radius 2 is 2.19 bits per heavy atom. The van der Waals surface area contributed by atoms with Crippen LogP contribution in [0, 0.1) is 5.82 Å². The van der Waals surface area contributed by atoms with E-state index in [1.807, 2.05) is 0 Å². The number of halogens is 2. The maximum absolute atomic E-state index is 14.4. The van der Waals surface area contributed by atoms with Crippen molar-refractivity contribution < 1.29 is 17.5 Å². The molecule has 0 radical (unpaired) electrons. The van der Waals surface area contributed by atoms with Crippen molar-refractivity contribution in [3.63, 3.8) is 0 Å². The van der Waals surface area contributed by atoms with Gasteiger partial charge in [-0.3, -0.25) is 0 Å². The van der Waals surface area contributed by atoms with Gasteiger partial charge in [0.1, 0.15) is 10.7 Å². The molecule has 1 heterocycles. The molecule has 0 aliphatic carbocycles. The second-order valence-corrected chi connectivity index (χ2v) is 7.60. The normalized spacial score (nSPS) is 22.7. The number of sulfonamides is 1. The first-order chi connectivity index (χ1) is 9.85. The first-order valence-corrected chi connectivity index (χ1v) is 8.89. The van der Waals surface area contributed by atoms with Crippen LogP contribution in [0.4, 0.5) is 4.39 Å². The average molecular weight is 381 g/mol. The van der Waals surface area contributed by atoms with Crippen LogP contribution in [0.25, 0.3) is 0 Å². The van der Waals surface area contributed by atoms with Crippen molar-refractivity contribution >= 4 is 26.0 Å². The van der Waals surface area contributed by atoms with Gasteiger partial charge in [0, 0.05) is 23.2 Å². The van der Waals surface area contributed by atoms with Gasteiger partial charge in [0.25, 0.3) is 0 Å². The second-order valence-electron chi connectivity index (χ2n) is 5.00. The van der Waals surface area contributed by atoms with Gasteiger partial charge in [-0.25, -0.2) is 17.5 Å². The first kappa shape index (κ1) is 16.8. The molecule has 1 saturated heterocycles. The zero-order chi connectivity index (χ0) is 15.6. The van der Waals surface area contributed by atoms with Crippen LogP contribution >= 0.6 is 15.9 Å². The number of rotatable bonds is 5. The Balaban J connectivity index is 2.35. The molecule has 1 aromatic rings. The van der Waals surface area contributed by atoms with Crippen LogP contribution in [0.1, 0.15) is 18.9 Å². The van der Waals surface area contributed by atoms with E-state index in [-0.39, 0.29) is 23.6 Å². The van der Waals surface area contributed by atoms with E-state index in [0.717, 1.165) is 0 Å². The molecular weight excluding hydrogens is 363 g/mol. The van der Waals surface area contributed by atoms with Crippen LogP contribution in [-0.2, 0) is 21.3 Å². The highest BCUT2D eigenvalue weighted by molar-refractivity contribution is 9.10. The second kappa shape index (κ2) is 6.70. The van der Waals surface area contributed by atoms with Crippen molar-refractivity contribution in [1.82, 2.24) is 10.0 Å². The van der Waals surface area contributed by atoms with Crippen LogP contribution in [0.3, 0.4) is 0 Å². The lowest BCUT2D eigenvalue weighted by molar-refractivity contribution is 0.117. The molecule has 0 spiro atoms. The Kier molecular flexibility index (Phi) is 5.37. The molecule has 1 aliphatic rings. The van der Waals surface area contributed by atoms with E-state index in [1.54, 1.807) is 20.0 Å². The molecule has 1 aliphatic heterocycles. The third-order valence-electron chi connectivity index (χ3n) is 3.42. The van der Waals surface area contributed by atoms with Crippen LogP contribution < -0.4 is 10.0 Å². The molecule has 0 saturated carbocycles. The minimum absolute atomic E-state index is 0.216. The van der Waals surface area contributed by atoms with E-state index in [1.165, 1.54) is 6.07 Å². The molecule has 0 aromatic heterocycles. The Morgan fingerprint density at radius 1 is 1.48 bits per heavy atom. The van der Waals surface area contributed by atoms with Crippen LogP contribution in [0.5, 0.6) is 0 Å². The SMILES string of the molecule is CNCc1cc(Br)cc(S(=O)(=O)NC2CCOC2C)c1F. The zero-order valence-electron chi connectivity index (χ0n) is 11.8. The molecule has 118 valence electrons. The predicted octanol–water partition coefficient (Wildman–Crippen LogP) is 1.76. The van der Waals surface area contributed by atoms with E-state index >= 15 is 0 Å². The van der Waals surface area contributed by atoms with Gasteiger partial charge >= 0.3 is 0 Å². The van der Waals surface area contributed by atoms with E-state index in [0.29, 0.717) is 23.1 Å². The lowest BCUT2D eigenvalue weighted by Crippen LogP contribution is -2.39. The van der Waals surface area contributed by atoms with E-state index in [2.05, 4.69) is 26.0 Å². The van der Waals surface area contributed by atoms with Crippen molar-refractivity contribution in [2.24, 2.45) is 0 Å². The summed E-state index contributed by atoms with van der Waals surface area (Å²) in [5.41, 5.74) is 0.294. The number of nitrogens with one attached hydrogen (secondary N) is 2. The summed E-state index contributed by atoms with van der Waals surface area (Å²) in [7, 11) is -2.26. The molecule has 1 fully saturated rings. The van der Waals surface area contributed by atoms with E-state index < -0.39 is 15.8 Å². The van der Waals surface area contributed by atoms with E-state index in [4.69, 9.17) is 4.74 Å². The lowest BCUT2D eigenvalue weighted by atomic mass is 10.2. The van der Waals surface area contributed by atoms with Crippen LogP contribution in [0.15, 0.2) is 21.5 Å². The Hall–Kier alpha value is -0.540. The third-order valence-corrected chi connectivity index (χ3v) is 5.37. The largest absolute Gasteiger partial charge is 0.377 e. The molecule has 1 aromatic carbocycles. The van der Waals surface area contributed by atoms with Crippen molar-refractivity contribution in [2.45, 2.75) is 36.9 Å². The topological polar surface area (TPSA) is 67.4 Å². The molecule has 0 amide bonds. The highest BCUT2D eigenvalue weighted by atomic mass is 79.9. The summed E-state index contributed by atoms with van der Waals surface area (Å²) >= 11 is 3.22. The fourth-order valence-corrected chi connectivity index (χ4v) is 4.42. The monoisotopic (exact) mass is 380 g/mol. The van der Waals surface area contributed by atoms with Gasteiger partial charge in [0.2, 0.25) is 10.0 Å². The summed E-state index contributed by atoms with van der Waals surface area (Å²) in [6.45, 7) is 2.54. The van der Waals surface area contributed by atoms with Crippen LogP contribution in [-0.4, -0.2) is 34.2 Å². The van der Waals surface area contributed by atoms with Crippen LogP contribution in [0.2, 0.25) is 0 Å². The molecule has 2 N–H and O–H groups in total. The highest BCUT2D eigenvalue weighted by Crippen LogP contribution is 2.25. The summed E-state index contributed by atoms with van der Waals surface area (Å²) in [5.74, 6) is -0.730. The molecule has 2 rings (SSSR count). The Bertz CT molecular complexity index is 624. The van der Waals surface area contributed by atoms with Gasteiger partial charge in [-0.1, -0.05) is 15.9 Å². The van der Waals surface area contributed by atoms with Gasteiger partial charge in [0.15, 0.2) is 0 Å². The standard InChI is InChI=1S/C13H18BrFN2O3S/c1-8-11(3-4-20-8)17-21(18,19)12-6-10(14)5-9(7-16-2)13(12)15/h5-6,8,11,16-17H,3-4,7H2,1-2H3. The van der Waals surface area contributed by atoms with Gasteiger partial charge < -0.3 is 10.1 Å². The minimum atomic E-state index is -3.93. The summed E-state index contributed by atoms with van der Waals surface area (Å²) in [5, 5.41) is 2.81. The Morgan fingerprint density at radius 3 is 2.76 bits per heavy atom. The summed E-state index contributed by atoms with van der Waals surface area (Å²) in [6.07, 6.45) is 0.367. The highest BCUT2D eigenvalue weighted by Gasteiger charge is 2.31. The van der Waals surface area contributed by atoms with Gasteiger partial charge in [-0.05, 0) is 32.5 Å². The third kappa shape index (κ3) is 3.81. The Labute approximate surface area is 132 Å². The quantitative estimate of drug-likeness (QED) is 0.816. The number of hydrogen-bond acceptors (Lipinski definition) is 4. The summed E-state index contributed by atoms with van der Waals surface area (Å²) in [4.78, 5) is -0.346. The van der Waals surface area contributed by atoms with Crippen molar-refractivity contribution in [1.29, 1.82) is 0 Å². The fraction of sp³-hybridized carbons (Fsp3) is 0.538. The van der Waals surface area contributed by atoms with Crippen molar-refractivity contribution in [3.8, 4) is 0 Å². The molecular formula is C13H18BrFN2O3S. The predicted molar refractivity (Wildman–Crippen MR) is 81.0 cm³/mol. The van der Waals surface area contributed by atoms with Gasteiger partial charge in [-0.2, -0.15) is 0 Å². The molecule has 8 heteroatoms. The van der Waals surface area contributed by atoms with Gasteiger partial charge in [-0.15, -0.1) is 0 Å². The number of benzene rings is 1. The van der Waals surface area contributed by atoms with E-state index in [9.17, 15) is 12.8 Å². The smallest absolute Gasteiger partial charge is 0.243 e. The first-order valence-electron chi connectivity index (χ1n) is 6.61. The zero-order valence-corrected chi connectivity index (χ0v) is 14.2. The summed E-state index contributed by atoms with van der Waals surface area (Å²) in [6, 6.07) is 2.50. The maximum Gasteiger partial charge on any atom is 0.243 e. The molecule has 2 unspecified atom stereocenters. The molecule has 0 bridgehead atoms. The lowest BCUT2D eigenvalue weighted by Gasteiger charge is -2.17. The summed E-state index contributed by atoms with van der Waals surface area (Å²) < 4.78 is 47.6. The average Bonchev–Trinajstić information content (AvgIpc) is 2.78. The molecule has 2 atom stereocenters. The number of hydrogen-bond donors (Lipinski definition) is 2. The maximum atomic E-state index is 14.4. The van der Waals surface area contributed by atoms with Crippen molar-refractivity contribution in [3.05, 3.63) is 28.0 Å². The van der Waals surface area contributed by atoms with Crippen molar-refractivity contribution in [2.75, 3.05) is 13.7 Å².